The van der Waals surface area contributed by atoms with Crippen molar-refractivity contribution >= 4 is 22.8 Å². The lowest BCUT2D eigenvalue weighted by molar-refractivity contribution is -0.121. The molecule has 4 rings (SSSR count). The smallest absolute Gasteiger partial charge is 0.305 e. The maximum atomic E-state index is 13.8. The Labute approximate surface area is 170 Å². The van der Waals surface area contributed by atoms with Crippen LogP contribution in [0.5, 0.6) is 0 Å². The van der Waals surface area contributed by atoms with E-state index in [-0.39, 0.29) is 24.4 Å². The van der Waals surface area contributed by atoms with E-state index in [2.05, 4.69) is 15.8 Å². The third-order valence-corrected chi connectivity index (χ3v) is 4.62. The molecule has 0 bridgehead atoms. The first-order chi connectivity index (χ1) is 14.5. The highest BCUT2D eigenvalue weighted by Gasteiger charge is 2.18. The number of hydrazine groups is 1. The van der Waals surface area contributed by atoms with E-state index in [1.165, 1.54) is 12.3 Å². The second-order valence-electron chi connectivity index (χ2n) is 6.65. The second kappa shape index (κ2) is 8.20. The molecule has 2 aromatic heterocycles. The fourth-order valence-corrected chi connectivity index (χ4v) is 3.07. The molecule has 7 nitrogen and oxygen atoms in total. The normalized spacial score (nSPS) is 10.9. The van der Waals surface area contributed by atoms with Gasteiger partial charge in [-0.1, -0.05) is 30.3 Å². The molecule has 2 N–H and O–H groups in total. The van der Waals surface area contributed by atoms with Crippen molar-refractivity contribution in [1.29, 1.82) is 0 Å². The van der Waals surface area contributed by atoms with Gasteiger partial charge in [-0.05, 0) is 25.1 Å². The molecule has 8 heteroatoms. The summed E-state index contributed by atoms with van der Waals surface area (Å²) in [5.74, 6) is -0.668. The minimum absolute atomic E-state index is 0.0244. The van der Waals surface area contributed by atoms with E-state index in [0.29, 0.717) is 22.6 Å². The summed E-state index contributed by atoms with van der Waals surface area (Å²) in [6, 6.07) is 13.5. The number of hydrogen-bond acceptors (Lipinski definition) is 5. The van der Waals surface area contributed by atoms with Crippen LogP contribution in [0.1, 0.15) is 28.4 Å². The largest absolute Gasteiger partial charge is 0.451 e. The number of para-hydroxylation sites is 1. The number of amides is 2. The summed E-state index contributed by atoms with van der Waals surface area (Å²) >= 11 is 0. The van der Waals surface area contributed by atoms with E-state index in [0.717, 1.165) is 5.39 Å². The molecule has 0 atom stereocenters. The van der Waals surface area contributed by atoms with Crippen molar-refractivity contribution in [3.63, 3.8) is 0 Å². The monoisotopic (exact) mass is 407 g/mol. The number of aryl methyl sites for hydroxylation is 2. The zero-order valence-electron chi connectivity index (χ0n) is 16.1. The topological polar surface area (TPSA) is 97.4 Å². The number of nitrogens with one attached hydrogen (secondary N) is 2. The van der Waals surface area contributed by atoms with Crippen LogP contribution in [0.2, 0.25) is 0 Å². The molecule has 2 aromatic carbocycles. The number of oxazole rings is 1. The highest BCUT2D eigenvalue weighted by molar-refractivity contribution is 5.99. The molecule has 2 heterocycles. The predicted molar refractivity (Wildman–Crippen MR) is 107 cm³/mol. The Morgan fingerprint density at radius 2 is 1.80 bits per heavy atom. The van der Waals surface area contributed by atoms with Crippen molar-refractivity contribution in [3.05, 3.63) is 77.8 Å². The van der Waals surface area contributed by atoms with Crippen LogP contribution >= 0.6 is 0 Å². The standard InChI is InChI=1S/C22H18FN3O4/c1-13-14-6-3-5-9-17(14)30-21(13)22(28)26-25-19(27)10-11-20-24-12-18(29-20)15-7-2-4-8-16(15)23/h2-9,12H,10-11H2,1H3,(H,25,27)(H,26,28). The Balaban J connectivity index is 1.31. The van der Waals surface area contributed by atoms with E-state index in [9.17, 15) is 14.0 Å². The quantitative estimate of drug-likeness (QED) is 0.489. The van der Waals surface area contributed by atoms with Gasteiger partial charge in [0.15, 0.2) is 17.4 Å². The Morgan fingerprint density at radius 1 is 1.03 bits per heavy atom. The number of aromatic nitrogens is 1. The van der Waals surface area contributed by atoms with Crippen molar-refractivity contribution < 1.29 is 22.8 Å². The lowest BCUT2D eigenvalue weighted by atomic mass is 10.1. The molecule has 0 spiro atoms. The van der Waals surface area contributed by atoms with Gasteiger partial charge in [-0.3, -0.25) is 20.4 Å². The number of rotatable bonds is 5. The van der Waals surface area contributed by atoms with Gasteiger partial charge >= 0.3 is 5.91 Å². The molecule has 0 aliphatic rings. The second-order valence-corrected chi connectivity index (χ2v) is 6.65. The number of carbonyl (C=O) groups excluding carboxylic acids is 2. The van der Waals surface area contributed by atoms with Crippen LogP contribution < -0.4 is 10.9 Å². The van der Waals surface area contributed by atoms with Gasteiger partial charge in [-0.25, -0.2) is 9.37 Å². The van der Waals surface area contributed by atoms with E-state index in [4.69, 9.17) is 8.83 Å². The van der Waals surface area contributed by atoms with Crippen LogP contribution in [0.25, 0.3) is 22.3 Å². The van der Waals surface area contributed by atoms with Gasteiger partial charge in [0.1, 0.15) is 11.4 Å². The molecule has 152 valence electrons. The molecule has 0 unspecified atom stereocenters. The van der Waals surface area contributed by atoms with Crippen LogP contribution in [0.4, 0.5) is 4.39 Å². The lowest BCUT2D eigenvalue weighted by Gasteiger charge is -2.05. The number of nitrogens with zero attached hydrogens (tertiary/aromatic N) is 1. The molecular weight excluding hydrogens is 389 g/mol. The van der Waals surface area contributed by atoms with Gasteiger partial charge < -0.3 is 8.83 Å². The summed E-state index contributed by atoms with van der Waals surface area (Å²) in [5.41, 5.74) is 6.28. The Hall–Kier alpha value is -3.94. The Bertz CT molecular complexity index is 1230. The van der Waals surface area contributed by atoms with Gasteiger partial charge in [-0.2, -0.15) is 0 Å². The molecule has 2 amide bonds. The minimum atomic E-state index is -0.546. The fraction of sp³-hybridized carbons (Fsp3) is 0.136. The van der Waals surface area contributed by atoms with Crippen LogP contribution in [0.3, 0.4) is 0 Å². The zero-order chi connectivity index (χ0) is 21.1. The van der Waals surface area contributed by atoms with E-state index in [1.807, 2.05) is 18.2 Å². The van der Waals surface area contributed by atoms with Crippen LogP contribution in [0.15, 0.2) is 63.6 Å². The minimum Gasteiger partial charge on any atom is -0.451 e. The summed E-state index contributed by atoms with van der Waals surface area (Å²) in [7, 11) is 0. The van der Waals surface area contributed by atoms with Crippen LogP contribution in [-0.4, -0.2) is 16.8 Å². The summed E-state index contributed by atoms with van der Waals surface area (Å²) in [6.45, 7) is 1.78. The number of carbonyl (C=O) groups is 2. The average Bonchev–Trinajstić information content (AvgIpc) is 3.36. The number of fused-ring (bicyclic) bond motifs is 1. The van der Waals surface area contributed by atoms with Crippen molar-refractivity contribution in [2.45, 2.75) is 19.8 Å². The first kappa shape index (κ1) is 19.4. The van der Waals surface area contributed by atoms with Crippen molar-refractivity contribution in [2.24, 2.45) is 0 Å². The first-order valence-corrected chi connectivity index (χ1v) is 9.30. The molecular formula is C22H18FN3O4. The van der Waals surface area contributed by atoms with Crippen LogP contribution in [-0.2, 0) is 11.2 Å². The summed E-state index contributed by atoms with van der Waals surface area (Å²) in [6.07, 6.45) is 1.63. The maximum Gasteiger partial charge on any atom is 0.305 e. The fourth-order valence-electron chi connectivity index (χ4n) is 3.07. The predicted octanol–water partition coefficient (Wildman–Crippen LogP) is 3.93. The number of benzene rings is 2. The van der Waals surface area contributed by atoms with Gasteiger partial charge in [0.2, 0.25) is 5.91 Å². The van der Waals surface area contributed by atoms with Gasteiger partial charge in [-0.15, -0.1) is 0 Å². The number of halogens is 1. The summed E-state index contributed by atoms with van der Waals surface area (Å²) in [5, 5.41) is 0.837. The average molecular weight is 407 g/mol. The highest BCUT2D eigenvalue weighted by Crippen LogP contribution is 2.25. The third kappa shape index (κ3) is 3.93. The van der Waals surface area contributed by atoms with Crippen LogP contribution in [0, 0.1) is 12.7 Å². The molecule has 0 fully saturated rings. The molecule has 30 heavy (non-hydrogen) atoms. The highest BCUT2D eigenvalue weighted by atomic mass is 19.1. The van der Waals surface area contributed by atoms with E-state index >= 15 is 0 Å². The van der Waals surface area contributed by atoms with Crippen molar-refractivity contribution in [1.82, 2.24) is 15.8 Å². The van der Waals surface area contributed by atoms with E-state index in [1.54, 1.807) is 31.2 Å². The SMILES string of the molecule is Cc1c(C(=O)NNC(=O)CCc2ncc(-c3ccccc3F)o2)oc2ccccc12. The van der Waals surface area contributed by atoms with Crippen molar-refractivity contribution in [2.75, 3.05) is 0 Å². The molecule has 0 radical (unpaired) electrons. The first-order valence-electron chi connectivity index (χ1n) is 9.30. The third-order valence-electron chi connectivity index (χ3n) is 4.62. The lowest BCUT2D eigenvalue weighted by Crippen LogP contribution is -2.41. The molecule has 4 aromatic rings. The Kier molecular flexibility index (Phi) is 5.30. The molecule has 0 aliphatic heterocycles. The summed E-state index contributed by atoms with van der Waals surface area (Å²) < 4.78 is 24.9. The maximum absolute atomic E-state index is 13.8. The number of furan rings is 1. The van der Waals surface area contributed by atoms with Crippen molar-refractivity contribution in [3.8, 4) is 11.3 Å². The molecule has 0 aliphatic carbocycles. The van der Waals surface area contributed by atoms with E-state index < -0.39 is 17.6 Å². The summed E-state index contributed by atoms with van der Waals surface area (Å²) in [4.78, 5) is 28.4. The number of hydrogen-bond donors (Lipinski definition) is 2. The van der Waals surface area contributed by atoms with Gasteiger partial charge in [0.05, 0.1) is 11.8 Å². The Morgan fingerprint density at radius 3 is 2.60 bits per heavy atom. The van der Waals surface area contributed by atoms with Gasteiger partial charge in [0.25, 0.3) is 0 Å². The van der Waals surface area contributed by atoms with Gasteiger partial charge in [0, 0.05) is 23.8 Å². The molecule has 0 saturated heterocycles. The molecule has 0 saturated carbocycles. The zero-order valence-corrected chi connectivity index (χ0v) is 16.1.